The van der Waals surface area contributed by atoms with Crippen molar-refractivity contribution in [2.75, 3.05) is 0 Å². The largest absolute Gasteiger partial charge is 0.302 e. The summed E-state index contributed by atoms with van der Waals surface area (Å²) in [4.78, 5) is 24.9. The number of azo groups is 1. The second-order valence-corrected chi connectivity index (χ2v) is 7.77. The zero-order valence-corrected chi connectivity index (χ0v) is 16.0. The summed E-state index contributed by atoms with van der Waals surface area (Å²) in [6.45, 7) is 1.57. The van der Waals surface area contributed by atoms with Crippen LogP contribution in [-0.2, 0) is 10.0 Å². The second-order valence-electron chi connectivity index (χ2n) is 5.78. The van der Waals surface area contributed by atoms with E-state index < -0.39 is 21.5 Å². The molecule has 0 amide bonds. The van der Waals surface area contributed by atoms with E-state index in [1.807, 2.05) is 0 Å². The van der Waals surface area contributed by atoms with Crippen LogP contribution in [0.4, 0.5) is 11.4 Å². The first-order valence-electron chi connectivity index (χ1n) is 7.83. The minimum absolute atomic E-state index is 0.0437. The highest BCUT2D eigenvalue weighted by molar-refractivity contribution is 7.89. The number of sulfonamides is 1. The van der Waals surface area contributed by atoms with Gasteiger partial charge in [0.15, 0.2) is 5.69 Å². The molecule has 3 aromatic rings. The van der Waals surface area contributed by atoms with E-state index in [1.165, 1.54) is 36.4 Å². The van der Waals surface area contributed by atoms with E-state index in [0.717, 1.165) is 4.68 Å². The van der Waals surface area contributed by atoms with Crippen LogP contribution >= 0.6 is 11.6 Å². The Balaban J connectivity index is 1.90. The maximum atomic E-state index is 12.5. The van der Waals surface area contributed by atoms with Gasteiger partial charge in [0.1, 0.15) is 0 Å². The van der Waals surface area contributed by atoms with Crippen molar-refractivity contribution in [3.05, 3.63) is 75.2 Å². The number of nitrogens with one attached hydrogen (secondary N) is 1. The van der Waals surface area contributed by atoms with E-state index in [2.05, 4.69) is 15.3 Å². The number of nitrogens with zero attached hydrogens (tertiary/aromatic N) is 3. The third kappa shape index (κ3) is 4.09. The standard InChI is InChI=1S/C17H14ClN5O4S/c1-10-15(21-20-13-6-8-14(9-7-13)28(19,26)27)17(25)23(22-10)16(24)11-2-4-12(18)5-3-11/h2-9,22H,1H3,(H2,19,26,27). The van der Waals surface area contributed by atoms with Crippen LogP contribution in [-0.4, -0.2) is 24.1 Å². The van der Waals surface area contributed by atoms with Gasteiger partial charge in [-0.05, 0) is 55.5 Å². The summed E-state index contributed by atoms with van der Waals surface area (Å²) in [7, 11) is -3.81. The first-order valence-corrected chi connectivity index (χ1v) is 9.76. The molecule has 0 atom stereocenters. The smallest absolute Gasteiger partial charge is 0.290 e. The van der Waals surface area contributed by atoms with Crippen molar-refractivity contribution < 1.29 is 13.2 Å². The van der Waals surface area contributed by atoms with Crippen LogP contribution in [0.1, 0.15) is 16.1 Å². The summed E-state index contributed by atoms with van der Waals surface area (Å²) in [5.74, 6) is -0.566. The summed E-state index contributed by atoms with van der Waals surface area (Å²) in [6, 6.07) is 11.4. The SMILES string of the molecule is Cc1[nH]n(C(=O)c2ccc(Cl)cc2)c(=O)c1N=Nc1ccc(S(N)(=O)=O)cc1. The van der Waals surface area contributed by atoms with Crippen molar-refractivity contribution in [3.63, 3.8) is 0 Å². The lowest BCUT2D eigenvalue weighted by Gasteiger charge is -2.00. The number of hydrogen-bond donors (Lipinski definition) is 2. The van der Waals surface area contributed by atoms with E-state index in [0.29, 0.717) is 16.4 Å². The Hall–Kier alpha value is -3.08. The molecule has 0 radical (unpaired) electrons. The van der Waals surface area contributed by atoms with Gasteiger partial charge in [-0.15, -0.1) is 5.11 Å². The van der Waals surface area contributed by atoms with Crippen molar-refractivity contribution >= 4 is 38.9 Å². The maximum absolute atomic E-state index is 12.5. The number of nitrogens with two attached hydrogens (primary N) is 1. The maximum Gasteiger partial charge on any atom is 0.302 e. The predicted molar refractivity (Wildman–Crippen MR) is 103 cm³/mol. The first kappa shape index (κ1) is 19.7. The fourth-order valence-electron chi connectivity index (χ4n) is 2.33. The molecule has 2 aromatic carbocycles. The number of hydrogen-bond acceptors (Lipinski definition) is 6. The van der Waals surface area contributed by atoms with Crippen LogP contribution in [0.2, 0.25) is 5.02 Å². The van der Waals surface area contributed by atoms with Gasteiger partial charge in [0, 0.05) is 10.6 Å². The van der Waals surface area contributed by atoms with Crippen molar-refractivity contribution in [2.45, 2.75) is 11.8 Å². The van der Waals surface area contributed by atoms with Gasteiger partial charge in [-0.2, -0.15) is 9.80 Å². The second kappa shape index (κ2) is 7.50. The van der Waals surface area contributed by atoms with E-state index in [-0.39, 0.29) is 16.1 Å². The molecular weight excluding hydrogens is 406 g/mol. The summed E-state index contributed by atoms with van der Waals surface area (Å²) in [6.07, 6.45) is 0. The summed E-state index contributed by atoms with van der Waals surface area (Å²) in [5.41, 5.74) is 0.218. The van der Waals surface area contributed by atoms with E-state index in [4.69, 9.17) is 16.7 Å². The molecule has 3 rings (SSSR count). The molecule has 0 saturated heterocycles. The summed E-state index contributed by atoms with van der Waals surface area (Å²) in [5, 5.41) is 16.0. The number of H-pyrrole nitrogens is 1. The van der Waals surface area contributed by atoms with E-state index in [1.54, 1.807) is 19.1 Å². The zero-order valence-electron chi connectivity index (χ0n) is 14.5. The Labute approximate surface area is 164 Å². The number of benzene rings is 2. The van der Waals surface area contributed by atoms with Gasteiger partial charge in [-0.25, -0.2) is 13.6 Å². The molecule has 0 aliphatic rings. The molecule has 28 heavy (non-hydrogen) atoms. The van der Waals surface area contributed by atoms with Gasteiger partial charge in [0.05, 0.1) is 16.3 Å². The minimum atomic E-state index is -3.81. The molecule has 3 N–H and O–H groups in total. The molecule has 0 unspecified atom stereocenters. The van der Waals surface area contributed by atoms with E-state index >= 15 is 0 Å². The quantitative estimate of drug-likeness (QED) is 0.627. The average Bonchev–Trinajstić information content (AvgIpc) is 2.93. The zero-order chi connectivity index (χ0) is 20.5. The highest BCUT2D eigenvalue weighted by atomic mass is 35.5. The van der Waals surface area contributed by atoms with Crippen LogP contribution < -0.4 is 10.7 Å². The van der Waals surface area contributed by atoms with Crippen molar-refractivity contribution in [2.24, 2.45) is 15.4 Å². The van der Waals surface area contributed by atoms with Gasteiger partial charge in [-0.3, -0.25) is 14.7 Å². The van der Waals surface area contributed by atoms with Crippen LogP contribution in [0.25, 0.3) is 0 Å². The summed E-state index contributed by atoms with van der Waals surface area (Å²) < 4.78 is 23.3. The molecule has 0 bridgehead atoms. The van der Waals surface area contributed by atoms with Crippen molar-refractivity contribution in [1.29, 1.82) is 0 Å². The lowest BCUT2D eigenvalue weighted by Crippen LogP contribution is -2.25. The third-order valence-electron chi connectivity index (χ3n) is 3.77. The molecule has 9 nitrogen and oxygen atoms in total. The summed E-state index contributed by atoms with van der Waals surface area (Å²) >= 11 is 5.80. The Morgan fingerprint density at radius 1 is 1.07 bits per heavy atom. The number of aromatic nitrogens is 2. The molecule has 144 valence electrons. The van der Waals surface area contributed by atoms with Crippen LogP contribution in [0, 0.1) is 6.92 Å². The molecule has 1 heterocycles. The van der Waals surface area contributed by atoms with Gasteiger partial charge in [0.25, 0.3) is 5.91 Å². The van der Waals surface area contributed by atoms with Crippen LogP contribution in [0.15, 0.2) is 68.4 Å². The van der Waals surface area contributed by atoms with Gasteiger partial charge < -0.3 is 0 Å². The molecule has 1 aromatic heterocycles. The monoisotopic (exact) mass is 419 g/mol. The molecule has 0 spiro atoms. The molecule has 0 fully saturated rings. The molecule has 0 saturated carbocycles. The normalized spacial score (nSPS) is 11.8. The van der Waals surface area contributed by atoms with Crippen LogP contribution in [0.5, 0.6) is 0 Å². The Morgan fingerprint density at radius 3 is 2.25 bits per heavy atom. The number of aryl methyl sites for hydroxylation is 1. The third-order valence-corrected chi connectivity index (χ3v) is 4.95. The number of carbonyl (C=O) groups is 1. The van der Waals surface area contributed by atoms with Crippen molar-refractivity contribution in [3.8, 4) is 0 Å². The van der Waals surface area contributed by atoms with Crippen LogP contribution in [0.3, 0.4) is 0 Å². The molecule has 0 aliphatic heterocycles. The number of halogens is 1. The predicted octanol–water partition coefficient (Wildman–Crippen LogP) is 2.89. The van der Waals surface area contributed by atoms with Gasteiger partial charge >= 0.3 is 5.56 Å². The fourth-order valence-corrected chi connectivity index (χ4v) is 2.97. The lowest BCUT2D eigenvalue weighted by molar-refractivity contribution is 0.0941. The Bertz CT molecular complexity index is 1230. The lowest BCUT2D eigenvalue weighted by atomic mass is 10.2. The topological polar surface area (TPSA) is 140 Å². The highest BCUT2D eigenvalue weighted by Gasteiger charge is 2.17. The van der Waals surface area contributed by atoms with E-state index in [9.17, 15) is 18.0 Å². The average molecular weight is 420 g/mol. The molecule has 0 aliphatic carbocycles. The molecular formula is C17H14ClN5O4S. The first-order chi connectivity index (χ1) is 13.2. The highest BCUT2D eigenvalue weighted by Crippen LogP contribution is 2.20. The fraction of sp³-hybridized carbons (Fsp3) is 0.0588. The number of rotatable bonds is 4. The Morgan fingerprint density at radius 2 is 1.68 bits per heavy atom. The molecule has 11 heteroatoms. The number of primary sulfonamides is 1. The van der Waals surface area contributed by atoms with Gasteiger partial charge in [-0.1, -0.05) is 11.6 Å². The van der Waals surface area contributed by atoms with Crippen molar-refractivity contribution in [1.82, 2.24) is 9.78 Å². The Kier molecular flexibility index (Phi) is 5.27. The number of aromatic amines is 1. The minimum Gasteiger partial charge on any atom is -0.290 e. The van der Waals surface area contributed by atoms with Gasteiger partial charge in [0.2, 0.25) is 10.0 Å². The number of carbonyl (C=O) groups excluding carboxylic acids is 1.